The summed E-state index contributed by atoms with van der Waals surface area (Å²) in [4.78, 5) is 4.01. The molecule has 1 aromatic heterocycles. The van der Waals surface area contributed by atoms with Crippen LogP contribution < -0.4 is 0 Å². The van der Waals surface area contributed by atoms with Crippen molar-refractivity contribution in [2.75, 3.05) is 13.1 Å². The monoisotopic (exact) mass is 333 g/mol. The first kappa shape index (κ1) is 16.2. The second-order valence-electron chi connectivity index (χ2n) is 6.27. The Morgan fingerprint density at radius 2 is 2.04 bits per heavy atom. The highest BCUT2D eigenvalue weighted by atomic mass is 32.2. The van der Waals surface area contributed by atoms with Crippen LogP contribution in [0.25, 0.3) is 0 Å². The minimum atomic E-state index is -3.46. The highest BCUT2D eigenvalue weighted by Crippen LogP contribution is 2.25. The number of hydrogen-bond acceptors (Lipinski definition) is 3. The van der Waals surface area contributed by atoms with Crippen LogP contribution in [0.2, 0.25) is 0 Å². The average Bonchev–Trinajstić information content (AvgIpc) is 3.01. The molecule has 1 fully saturated rings. The Morgan fingerprint density at radius 1 is 1.26 bits per heavy atom. The van der Waals surface area contributed by atoms with Crippen LogP contribution >= 0.6 is 0 Å². The van der Waals surface area contributed by atoms with Gasteiger partial charge in [-0.3, -0.25) is 0 Å². The van der Waals surface area contributed by atoms with Crippen molar-refractivity contribution >= 4 is 10.0 Å². The van der Waals surface area contributed by atoms with Crippen LogP contribution in [0.15, 0.2) is 47.9 Å². The third-order valence-corrected chi connectivity index (χ3v) is 6.20. The van der Waals surface area contributed by atoms with Crippen LogP contribution in [0.1, 0.15) is 24.8 Å². The van der Waals surface area contributed by atoms with Gasteiger partial charge in [-0.05, 0) is 37.2 Å². The molecule has 1 aromatic carbocycles. The number of imidazole rings is 1. The van der Waals surface area contributed by atoms with Gasteiger partial charge in [0, 0.05) is 26.3 Å². The molecule has 1 aliphatic heterocycles. The Balaban J connectivity index is 1.64. The van der Waals surface area contributed by atoms with E-state index in [1.165, 1.54) is 11.9 Å². The zero-order valence-corrected chi connectivity index (χ0v) is 14.2. The maximum atomic E-state index is 12.7. The van der Waals surface area contributed by atoms with Gasteiger partial charge in [0.05, 0.1) is 6.33 Å². The van der Waals surface area contributed by atoms with E-state index in [2.05, 4.69) is 17.1 Å². The van der Waals surface area contributed by atoms with Crippen LogP contribution in [-0.2, 0) is 23.5 Å². The maximum Gasteiger partial charge on any atom is 0.262 e. The molecule has 0 N–H and O–H groups in total. The Morgan fingerprint density at radius 3 is 2.74 bits per heavy atom. The second-order valence-corrected chi connectivity index (χ2v) is 8.16. The lowest BCUT2D eigenvalue weighted by Crippen LogP contribution is -2.40. The molecule has 1 aliphatic rings. The van der Waals surface area contributed by atoms with E-state index >= 15 is 0 Å². The van der Waals surface area contributed by atoms with Gasteiger partial charge >= 0.3 is 0 Å². The SMILES string of the molecule is Cn1cnc(S(=O)(=O)N2CCC[C@@H](CCc3ccccc3)C2)c1. The van der Waals surface area contributed by atoms with Gasteiger partial charge in [0.1, 0.15) is 0 Å². The normalized spacial score (nSPS) is 19.8. The number of rotatable bonds is 5. The highest BCUT2D eigenvalue weighted by Gasteiger charge is 2.31. The van der Waals surface area contributed by atoms with Crippen molar-refractivity contribution in [1.29, 1.82) is 0 Å². The summed E-state index contributed by atoms with van der Waals surface area (Å²) in [5.74, 6) is 0.419. The highest BCUT2D eigenvalue weighted by molar-refractivity contribution is 7.89. The Labute approximate surface area is 138 Å². The molecule has 23 heavy (non-hydrogen) atoms. The summed E-state index contributed by atoms with van der Waals surface area (Å²) in [5, 5.41) is 0.156. The van der Waals surface area contributed by atoms with Crippen molar-refractivity contribution in [2.45, 2.75) is 30.7 Å². The molecule has 2 aromatic rings. The summed E-state index contributed by atoms with van der Waals surface area (Å²) >= 11 is 0. The van der Waals surface area contributed by atoms with E-state index in [4.69, 9.17) is 0 Å². The predicted molar refractivity (Wildman–Crippen MR) is 89.5 cm³/mol. The smallest absolute Gasteiger partial charge is 0.262 e. The minimum absolute atomic E-state index is 0.156. The fourth-order valence-corrected chi connectivity index (χ4v) is 4.67. The van der Waals surface area contributed by atoms with E-state index in [9.17, 15) is 8.42 Å². The van der Waals surface area contributed by atoms with Gasteiger partial charge in [0.25, 0.3) is 10.0 Å². The zero-order valence-electron chi connectivity index (χ0n) is 13.4. The number of nitrogens with zero attached hydrogens (tertiary/aromatic N) is 3. The summed E-state index contributed by atoms with van der Waals surface area (Å²) in [6.07, 6.45) is 7.15. The first-order chi connectivity index (χ1) is 11.1. The maximum absolute atomic E-state index is 12.7. The van der Waals surface area contributed by atoms with Crippen LogP contribution in [0.5, 0.6) is 0 Å². The Hall–Kier alpha value is -1.66. The molecule has 0 aliphatic carbocycles. The van der Waals surface area contributed by atoms with Gasteiger partial charge in [0.15, 0.2) is 5.03 Å². The number of benzene rings is 1. The number of piperidine rings is 1. The first-order valence-electron chi connectivity index (χ1n) is 8.08. The summed E-state index contributed by atoms with van der Waals surface area (Å²) in [7, 11) is -1.67. The van der Waals surface area contributed by atoms with Gasteiger partial charge in [-0.25, -0.2) is 13.4 Å². The molecule has 1 atom stereocenters. The molecule has 1 saturated heterocycles. The molecule has 5 nitrogen and oxygen atoms in total. The lowest BCUT2D eigenvalue weighted by atomic mass is 9.93. The number of hydrogen-bond donors (Lipinski definition) is 0. The molecule has 124 valence electrons. The fraction of sp³-hybridized carbons (Fsp3) is 0.471. The topological polar surface area (TPSA) is 55.2 Å². The van der Waals surface area contributed by atoms with Gasteiger partial charge in [-0.2, -0.15) is 4.31 Å². The summed E-state index contributed by atoms with van der Waals surface area (Å²) in [6, 6.07) is 10.4. The molecule has 3 rings (SSSR count). The summed E-state index contributed by atoms with van der Waals surface area (Å²) in [5.41, 5.74) is 1.32. The van der Waals surface area contributed by atoms with E-state index in [0.29, 0.717) is 19.0 Å². The number of sulfonamides is 1. The molecule has 0 saturated carbocycles. The minimum Gasteiger partial charge on any atom is -0.339 e. The average molecular weight is 333 g/mol. The van der Waals surface area contributed by atoms with Crippen molar-refractivity contribution in [1.82, 2.24) is 13.9 Å². The predicted octanol–water partition coefficient (Wildman–Crippen LogP) is 2.45. The second kappa shape index (κ2) is 6.84. The summed E-state index contributed by atoms with van der Waals surface area (Å²) < 4.78 is 28.6. The van der Waals surface area contributed by atoms with Crippen LogP contribution in [0, 0.1) is 5.92 Å². The molecule has 6 heteroatoms. The zero-order chi connectivity index (χ0) is 16.3. The van der Waals surface area contributed by atoms with Crippen LogP contribution in [0.4, 0.5) is 0 Å². The molecular formula is C17H23N3O2S. The van der Waals surface area contributed by atoms with Crippen molar-refractivity contribution < 1.29 is 8.42 Å². The third-order valence-electron chi connectivity index (χ3n) is 4.45. The first-order valence-corrected chi connectivity index (χ1v) is 9.52. The lowest BCUT2D eigenvalue weighted by Gasteiger charge is -2.31. The van der Waals surface area contributed by atoms with Crippen molar-refractivity contribution in [3.8, 4) is 0 Å². The van der Waals surface area contributed by atoms with Gasteiger partial charge in [-0.1, -0.05) is 30.3 Å². The Kier molecular flexibility index (Phi) is 4.82. The lowest BCUT2D eigenvalue weighted by molar-refractivity contribution is 0.255. The molecule has 0 amide bonds. The molecule has 2 heterocycles. The van der Waals surface area contributed by atoms with Gasteiger partial charge < -0.3 is 4.57 Å². The molecular weight excluding hydrogens is 310 g/mol. The van der Waals surface area contributed by atoms with Gasteiger partial charge in [0.2, 0.25) is 0 Å². The van der Waals surface area contributed by atoms with E-state index in [-0.39, 0.29) is 5.03 Å². The fourth-order valence-electron chi connectivity index (χ4n) is 3.15. The van der Waals surface area contributed by atoms with E-state index in [1.807, 2.05) is 18.2 Å². The van der Waals surface area contributed by atoms with E-state index < -0.39 is 10.0 Å². The quantitative estimate of drug-likeness (QED) is 0.844. The molecule has 0 spiro atoms. The van der Waals surface area contributed by atoms with Crippen molar-refractivity contribution in [3.63, 3.8) is 0 Å². The number of aryl methyl sites for hydroxylation is 2. The number of aromatic nitrogens is 2. The van der Waals surface area contributed by atoms with Crippen LogP contribution in [0.3, 0.4) is 0 Å². The summed E-state index contributed by atoms with van der Waals surface area (Å²) in [6.45, 7) is 1.20. The van der Waals surface area contributed by atoms with Gasteiger partial charge in [-0.15, -0.1) is 0 Å². The molecule has 0 unspecified atom stereocenters. The molecule has 0 bridgehead atoms. The standard InChI is InChI=1S/C17H23N3O2S/c1-19-13-17(18-14-19)23(21,22)20-11-5-8-16(12-20)10-9-15-6-3-2-4-7-15/h2-4,6-7,13-14,16H,5,8-12H2,1H3/t16-/m0/s1. The van der Waals surface area contributed by atoms with E-state index in [0.717, 1.165) is 25.7 Å². The third kappa shape index (κ3) is 3.82. The largest absolute Gasteiger partial charge is 0.339 e. The van der Waals surface area contributed by atoms with Crippen molar-refractivity contribution in [2.24, 2.45) is 13.0 Å². The molecule has 0 radical (unpaired) electrons. The van der Waals surface area contributed by atoms with Crippen molar-refractivity contribution in [3.05, 3.63) is 48.4 Å². The van der Waals surface area contributed by atoms with Crippen LogP contribution in [-0.4, -0.2) is 35.4 Å². The van der Waals surface area contributed by atoms with E-state index in [1.54, 1.807) is 22.1 Å². The Bertz CT molecular complexity index is 740.